The maximum absolute atomic E-state index is 13.7. The molecular formula is C17H20F2O6. The highest BCUT2D eigenvalue weighted by Gasteiger charge is 2.55. The normalized spacial score (nSPS) is 25.8. The van der Waals surface area contributed by atoms with E-state index in [-0.39, 0.29) is 13.0 Å². The summed E-state index contributed by atoms with van der Waals surface area (Å²) < 4.78 is 47.8. The van der Waals surface area contributed by atoms with Crippen LogP contribution < -0.4 is 0 Å². The van der Waals surface area contributed by atoms with Crippen molar-refractivity contribution in [3.05, 3.63) is 35.9 Å². The Morgan fingerprint density at radius 1 is 1.20 bits per heavy atom. The molecule has 0 aliphatic carbocycles. The lowest BCUT2D eigenvalue weighted by Gasteiger charge is -2.27. The zero-order chi connectivity index (χ0) is 18.4. The van der Waals surface area contributed by atoms with E-state index < -0.39 is 43.0 Å². The molecule has 0 amide bonds. The van der Waals surface area contributed by atoms with Crippen LogP contribution in [0.3, 0.4) is 0 Å². The van der Waals surface area contributed by atoms with Crippen LogP contribution in [0.1, 0.15) is 25.8 Å². The molecule has 6 nitrogen and oxygen atoms in total. The molecule has 0 spiro atoms. The molecule has 3 atom stereocenters. The van der Waals surface area contributed by atoms with Crippen molar-refractivity contribution in [2.75, 3.05) is 6.61 Å². The highest BCUT2D eigenvalue weighted by atomic mass is 19.3. The van der Waals surface area contributed by atoms with Crippen molar-refractivity contribution in [2.24, 2.45) is 0 Å². The summed E-state index contributed by atoms with van der Waals surface area (Å²) in [7, 11) is 0. The van der Waals surface area contributed by atoms with Gasteiger partial charge in [-0.05, 0) is 5.56 Å². The van der Waals surface area contributed by atoms with Gasteiger partial charge in [0.1, 0.15) is 0 Å². The molecule has 1 heterocycles. The van der Waals surface area contributed by atoms with Crippen molar-refractivity contribution >= 4 is 11.9 Å². The summed E-state index contributed by atoms with van der Waals surface area (Å²) in [4.78, 5) is 22.3. The summed E-state index contributed by atoms with van der Waals surface area (Å²) in [5.74, 6) is -1.40. The molecule has 0 saturated carbocycles. The SMILES string of the molecule is CC(=O)O[C@H]1O[C@@](COCc2ccccc2)(C(F)F)C[C@H]1OC(C)=O. The van der Waals surface area contributed by atoms with Crippen LogP contribution in [0.2, 0.25) is 0 Å². The van der Waals surface area contributed by atoms with E-state index in [0.29, 0.717) is 0 Å². The number of carbonyl (C=O) groups is 2. The number of ether oxygens (including phenoxy) is 4. The Morgan fingerprint density at radius 3 is 2.40 bits per heavy atom. The summed E-state index contributed by atoms with van der Waals surface area (Å²) in [5, 5.41) is 0. The van der Waals surface area contributed by atoms with Gasteiger partial charge in [0.2, 0.25) is 6.29 Å². The fourth-order valence-corrected chi connectivity index (χ4v) is 2.58. The number of carbonyl (C=O) groups excluding carboxylic acids is 2. The van der Waals surface area contributed by atoms with Crippen LogP contribution in [0.15, 0.2) is 30.3 Å². The van der Waals surface area contributed by atoms with E-state index in [9.17, 15) is 18.4 Å². The van der Waals surface area contributed by atoms with Crippen LogP contribution in [0.25, 0.3) is 0 Å². The number of halogens is 2. The fourth-order valence-electron chi connectivity index (χ4n) is 2.58. The first kappa shape index (κ1) is 19.3. The Hall–Kier alpha value is -2.06. The predicted molar refractivity (Wildman–Crippen MR) is 81.6 cm³/mol. The van der Waals surface area contributed by atoms with Gasteiger partial charge in [0.15, 0.2) is 11.7 Å². The highest BCUT2D eigenvalue weighted by Crippen LogP contribution is 2.38. The van der Waals surface area contributed by atoms with Gasteiger partial charge in [0.05, 0.1) is 13.2 Å². The minimum absolute atomic E-state index is 0.120. The first-order valence-corrected chi connectivity index (χ1v) is 7.74. The van der Waals surface area contributed by atoms with Crippen molar-refractivity contribution in [3.8, 4) is 0 Å². The molecule has 0 unspecified atom stereocenters. The molecule has 2 rings (SSSR count). The topological polar surface area (TPSA) is 71.1 Å². The second kappa shape index (κ2) is 8.35. The Labute approximate surface area is 144 Å². The van der Waals surface area contributed by atoms with Crippen LogP contribution >= 0.6 is 0 Å². The van der Waals surface area contributed by atoms with E-state index in [0.717, 1.165) is 19.4 Å². The molecule has 1 aliphatic rings. The predicted octanol–water partition coefficient (Wildman–Crippen LogP) is 2.45. The number of alkyl halides is 2. The Balaban J connectivity index is 2.06. The Bertz CT molecular complexity index is 568. The van der Waals surface area contributed by atoms with Gasteiger partial charge in [0, 0.05) is 20.3 Å². The molecule has 0 N–H and O–H groups in total. The van der Waals surface area contributed by atoms with Crippen LogP contribution in [-0.2, 0) is 35.1 Å². The molecule has 138 valence electrons. The molecule has 0 bridgehead atoms. The molecule has 1 aromatic carbocycles. The number of hydrogen-bond acceptors (Lipinski definition) is 6. The van der Waals surface area contributed by atoms with E-state index >= 15 is 0 Å². The van der Waals surface area contributed by atoms with Crippen LogP contribution in [-0.4, -0.2) is 43.0 Å². The number of benzene rings is 1. The second-order valence-corrected chi connectivity index (χ2v) is 5.79. The lowest BCUT2D eigenvalue weighted by atomic mass is 10.0. The number of rotatable bonds is 7. The maximum atomic E-state index is 13.7. The van der Waals surface area contributed by atoms with Crippen LogP contribution in [0.5, 0.6) is 0 Å². The quantitative estimate of drug-likeness (QED) is 0.698. The molecular weight excluding hydrogens is 338 g/mol. The molecule has 25 heavy (non-hydrogen) atoms. The molecule has 1 saturated heterocycles. The molecule has 1 aromatic rings. The van der Waals surface area contributed by atoms with E-state index in [1.165, 1.54) is 0 Å². The monoisotopic (exact) mass is 358 g/mol. The minimum Gasteiger partial charge on any atom is -0.456 e. The van der Waals surface area contributed by atoms with Crippen molar-refractivity contribution in [2.45, 2.75) is 51.3 Å². The number of esters is 2. The summed E-state index contributed by atoms with van der Waals surface area (Å²) in [6.07, 6.45) is -5.76. The largest absolute Gasteiger partial charge is 0.456 e. The average molecular weight is 358 g/mol. The van der Waals surface area contributed by atoms with Gasteiger partial charge < -0.3 is 18.9 Å². The highest BCUT2D eigenvalue weighted by molar-refractivity contribution is 5.67. The van der Waals surface area contributed by atoms with Crippen molar-refractivity contribution in [3.63, 3.8) is 0 Å². The smallest absolute Gasteiger partial charge is 0.305 e. The van der Waals surface area contributed by atoms with E-state index in [1.54, 1.807) is 24.3 Å². The van der Waals surface area contributed by atoms with E-state index in [4.69, 9.17) is 18.9 Å². The van der Waals surface area contributed by atoms with Crippen molar-refractivity contribution < 1.29 is 37.3 Å². The lowest BCUT2D eigenvalue weighted by Crippen LogP contribution is -2.42. The zero-order valence-electron chi connectivity index (χ0n) is 13.9. The maximum Gasteiger partial charge on any atom is 0.305 e. The van der Waals surface area contributed by atoms with Gasteiger partial charge in [-0.25, -0.2) is 8.78 Å². The van der Waals surface area contributed by atoms with Gasteiger partial charge in [-0.1, -0.05) is 30.3 Å². The Morgan fingerprint density at radius 2 is 1.84 bits per heavy atom. The zero-order valence-corrected chi connectivity index (χ0v) is 13.9. The molecule has 1 fully saturated rings. The standard InChI is InChI=1S/C17H20F2O6/c1-11(20)23-14-8-17(16(18)19,25-15(14)24-12(2)21)10-22-9-13-6-4-3-5-7-13/h3-7,14-16H,8-10H2,1-2H3/t14-,15+,17+/m1/s1. The lowest BCUT2D eigenvalue weighted by molar-refractivity contribution is -0.232. The minimum atomic E-state index is -2.91. The molecule has 1 aliphatic heterocycles. The summed E-state index contributed by atoms with van der Waals surface area (Å²) in [5.41, 5.74) is -1.20. The molecule has 8 heteroatoms. The van der Waals surface area contributed by atoms with Crippen molar-refractivity contribution in [1.29, 1.82) is 0 Å². The van der Waals surface area contributed by atoms with E-state index in [1.807, 2.05) is 6.07 Å². The second-order valence-electron chi connectivity index (χ2n) is 5.79. The fraction of sp³-hybridized carbons (Fsp3) is 0.529. The van der Waals surface area contributed by atoms with Gasteiger partial charge in [0.25, 0.3) is 6.43 Å². The first-order valence-electron chi connectivity index (χ1n) is 7.74. The van der Waals surface area contributed by atoms with Gasteiger partial charge in [-0.15, -0.1) is 0 Å². The average Bonchev–Trinajstić information content (AvgIpc) is 2.86. The van der Waals surface area contributed by atoms with Gasteiger partial charge in [-0.2, -0.15) is 0 Å². The van der Waals surface area contributed by atoms with Gasteiger partial charge >= 0.3 is 11.9 Å². The van der Waals surface area contributed by atoms with Crippen LogP contribution in [0.4, 0.5) is 8.78 Å². The summed E-state index contributed by atoms with van der Waals surface area (Å²) in [6.45, 7) is 1.94. The summed E-state index contributed by atoms with van der Waals surface area (Å²) in [6, 6.07) is 9.04. The van der Waals surface area contributed by atoms with Crippen LogP contribution in [0, 0.1) is 0 Å². The van der Waals surface area contributed by atoms with Gasteiger partial charge in [-0.3, -0.25) is 9.59 Å². The number of hydrogen-bond donors (Lipinski definition) is 0. The third-order valence-electron chi connectivity index (χ3n) is 3.66. The first-order chi connectivity index (χ1) is 11.8. The van der Waals surface area contributed by atoms with E-state index in [2.05, 4.69) is 0 Å². The van der Waals surface area contributed by atoms with Crippen molar-refractivity contribution in [1.82, 2.24) is 0 Å². The summed E-state index contributed by atoms with van der Waals surface area (Å²) >= 11 is 0. The third-order valence-corrected chi connectivity index (χ3v) is 3.66. The third kappa shape index (κ3) is 5.20. The molecule has 0 radical (unpaired) electrons. The Kier molecular flexibility index (Phi) is 6.44. The molecule has 0 aromatic heterocycles.